The van der Waals surface area contributed by atoms with Crippen molar-refractivity contribution in [2.45, 2.75) is 31.7 Å². The maximum atomic E-state index is 11.8. The molecule has 1 N–H and O–H groups in total. The van der Waals surface area contributed by atoms with Crippen molar-refractivity contribution in [3.8, 4) is 0 Å². The predicted octanol–water partition coefficient (Wildman–Crippen LogP) is 2.19. The Morgan fingerprint density at radius 3 is 2.81 bits per heavy atom. The average molecular weight is 302 g/mol. The fourth-order valence-electron chi connectivity index (χ4n) is 2.90. The summed E-state index contributed by atoms with van der Waals surface area (Å²) >= 11 is 1.69. The van der Waals surface area contributed by atoms with Crippen molar-refractivity contribution in [2.24, 2.45) is 5.92 Å². The Labute approximate surface area is 127 Å². The molecule has 1 saturated carbocycles. The molecule has 1 saturated heterocycles. The maximum Gasteiger partial charge on any atom is 0.223 e. The van der Waals surface area contributed by atoms with Crippen LogP contribution in [0.4, 0.5) is 5.82 Å². The van der Waals surface area contributed by atoms with Crippen molar-refractivity contribution in [1.82, 2.24) is 15.3 Å². The van der Waals surface area contributed by atoms with E-state index < -0.39 is 0 Å². The van der Waals surface area contributed by atoms with E-state index in [2.05, 4.69) is 25.6 Å². The summed E-state index contributed by atoms with van der Waals surface area (Å²) in [4.78, 5) is 22.9. The van der Waals surface area contributed by atoms with Gasteiger partial charge in [-0.05, 0) is 37.1 Å². The minimum absolute atomic E-state index is 0.260. The van der Waals surface area contributed by atoms with E-state index in [1.807, 2.05) is 6.07 Å². The van der Waals surface area contributed by atoms with Gasteiger partial charge in [-0.15, -0.1) is 11.3 Å². The fraction of sp³-hybridized carbons (Fsp3) is 0.533. The highest BCUT2D eigenvalue weighted by Crippen LogP contribution is 2.31. The second-order valence-electron chi connectivity index (χ2n) is 5.88. The van der Waals surface area contributed by atoms with Gasteiger partial charge in [0.15, 0.2) is 0 Å². The Hall–Kier alpha value is -1.69. The summed E-state index contributed by atoms with van der Waals surface area (Å²) in [5.41, 5.74) is 1.02. The SMILES string of the molecule is O=C(NC1CCN(c2ncnc3ccsc23)CC1)C1CC1. The first-order chi connectivity index (χ1) is 10.3. The highest BCUT2D eigenvalue weighted by molar-refractivity contribution is 7.17. The number of piperidine rings is 1. The van der Waals surface area contributed by atoms with Crippen LogP contribution in [0.1, 0.15) is 25.7 Å². The van der Waals surface area contributed by atoms with Gasteiger partial charge in [-0.25, -0.2) is 9.97 Å². The molecule has 21 heavy (non-hydrogen) atoms. The van der Waals surface area contributed by atoms with Gasteiger partial charge in [0.05, 0.1) is 10.2 Å². The summed E-state index contributed by atoms with van der Waals surface area (Å²) in [5.74, 6) is 1.61. The summed E-state index contributed by atoms with van der Waals surface area (Å²) in [5, 5.41) is 5.25. The molecular weight excluding hydrogens is 284 g/mol. The molecule has 4 rings (SSSR count). The molecule has 2 fully saturated rings. The standard InChI is InChI=1S/C15H18N4OS/c20-15(10-1-2-10)18-11-3-6-19(7-4-11)14-13-12(5-8-21-13)16-9-17-14/h5,8-11H,1-4,6-7H2,(H,18,20). The van der Waals surface area contributed by atoms with Crippen LogP contribution in [0, 0.1) is 5.92 Å². The second kappa shape index (κ2) is 5.26. The van der Waals surface area contributed by atoms with E-state index in [1.54, 1.807) is 17.7 Å². The number of fused-ring (bicyclic) bond motifs is 1. The molecule has 3 heterocycles. The van der Waals surface area contributed by atoms with Crippen LogP contribution < -0.4 is 10.2 Å². The van der Waals surface area contributed by atoms with Crippen molar-refractivity contribution in [2.75, 3.05) is 18.0 Å². The molecule has 0 atom stereocenters. The number of nitrogens with one attached hydrogen (secondary N) is 1. The largest absolute Gasteiger partial charge is 0.355 e. The van der Waals surface area contributed by atoms with Crippen molar-refractivity contribution >= 4 is 33.3 Å². The Morgan fingerprint density at radius 1 is 1.24 bits per heavy atom. The molecule has 0 aromatic carbocycles. The molecule has 0 bridgehead atoms. The Balaban J connectivity index is 1.42. The van der Waals surface area contributed by atoms with E-state index in [1.165, 1.54) is 0 Å². The quantitative estimate of drug-likeness (QED) is 0.944. The molecule has 2 aliphatic rings. The summed E-state index contributed by atoms with van der Waals surface area (Å²) in [6.45, 7) is 1.89. The first-order valence-electron chi connectivity index (χ1n) is 7.55. The lowest BCUT2D eigenvalue weighted by Gasteiger charge is -2.33. The van der Waals surface area contributed by atoms with Gasteiger partial charge in [-0.3, -0.25) is 4.79 Å². The Kier molecular flexibility index (Phi) is 3.25. The third-order valence-electron chi connectivity index (χ3n) is 4.31. The van der Waals surface area contributed by atoms with Crippen molar-refractivity contribution in [3.63, 3.8) is 0 Å². The second-order valence-corrected chi connectivity index (χ2v) is 6.79. The molecule has 0 spiro atoms. The van der Waals surface area contributed by atoms with Gasteiger partial charge in [0, 0.05) is 25.0 Å². The minimum atomic E-state index is 0.260. The van der Waals surface area contributed by atoms with Crippen LogP contribution in [0.5, 0.6) is 0 Å². The van der Waals surface area contributed by atoms with Crippen LogP contribution in [-0.2, 0) is 4.79 Å². The summed E-state index contributed by atoms with van der Waals surface area (Å²) in [6.07, 6.45) is 5.78. The third kappa shape index (κ3) is 2.60. The number of thiophene rings is 1. The van der Waals surface area contributed by atoms with Crippen LogP contribution in [0.25, 0.3) is 10.2 Å². The van der Waals surface area contributed by atoms with Crippen molar-refractivity contribution in [1.29, 1.82) is 0 Å². The number of hydrogen-bond acceptors (Lipinski definition) is 5. The molecule has 6 heteroatoms. The number of nitrogens with zero attached hydrogens (tertiary/aromatic N) is 3. The zero-order chi connectivity index (χ0) is 14.2. The molecule has 0 radical (unpaired) electrons. The third-order valence-corrected chi connectivity index (χ3v) is 5.21. The minimum Gasteiger partial charge on any atom is -0.355 e. The average Bonchev–Trinajstić information content (AvgIpc) is 3.25. The first-order valence-corrected chi connectivity index (χ1v) is 8.43. The van der Waals surface area contributed by atoms with Gasteiger partial charge < -0.3 is 10.2 Å². The zero-order valence-electron chi connectivity index (χ0n) is 11.8. The molecule has 2 aromatic rings. The summed E-state index contributed by atoms with van der Waals surface area (Å²) < 4.78 is 1.16. The highest BCUT2D eigenvalue weighted by atomic mass is 32.1. The van der Waals surface area contributed by atoms with E-state index in [4.69, 9.17) is 0 Å². The van der Waals surface area contributed by atoms with Gasteiger partial charge in [0.2, 0.25) is 5.91 Å². The number of anilines is 1. The highest BCUT2D eigenvalue weighted by Gasteiger charge is 2.32. The first kappa shape index (κ1) is 13.0. The molecule has 1 aliphatic heterocycles. The van der Waals surface area contributed by atoms with Crippen LogP contribution in [-0.4, -0.2) is 35.0 Å². The summed E-state index contributed by atoms with van der Waals surface area (Å²) in [6, 6.07) is 2.36. The molecule has 0 unspecified atom stereocenters. The van der Waals surface area contributed by atoms with E-state index >= 15 is 0 Å². The normalized spacial score (nSPS) is 19.9. The smallest absolute Gasteiger partial charge is 0.223 e. The monoisotopic (exact) mass is 302 g/mol. The molecule has 2 aromatic heterocycles. The van der Waals surface area contributed by atoms with Gasteiger partial charge in [-0.1, -0.05) is 0 Å². The molecule has 1 aliphatic carbocycles. The maximum absolute atomic E-state index is 11.8. The lowest BCUT2D eigenvalue weighted by atomic mass is 10.0. The van der Waals surface area contributed by atoms with E-state index in [0.717, 1.165) is 54.8 Å². The Bertz CT molecular complexity index is 658. The van der Waals surface area contributed by atoms with E-state index in [0.29, 0.717) is 12.0 Å². The number of carbonyl (C=O) groups excluding carboxylic acids is 1. The number of amides is 1. The zero-order valence-corrected chi connectivity index (χ0v) is 12.6. The van der Waals surface area contributed by atoms with Gasteiger partial charge >= 0.3 is 0 Å². The van der Waals surface area contributed by atoms with Crippen LogP contribution >= 0.6 is 11.3 Å². The molecular formula is C15H18N4OS. The lowest BCUT2D eigenvalue weighted by molar-refractivity contribution is -0.123. The summed E-state index contributed by atoms with van der Waals surface area (Å²) in [7, 11) is 0. The van der Waals surface area contributed by atoms with Crippen LogP contribution in [0.15, 0.2) is 17.8 Å². The van der Waals surface area contributed by atoms with Crippen LogP contribution in [0.3, 0.4) is 0 Å². The molecule has 5 nitrogen and oxygen atoms in total. The van der Waals surface area contributed by atoms with Crippen molar-refractivity contribution < 1.29 is 4.79 Å². The van der Waals surface area contributed by atoms with Gasteiger partial charge in [-0.2, -0.15) is 0 Å². The van der Waals surface area contributed by atoms with Crippen LogP contribution in [0.2, 0.25) is 0 Å². The number of hydrogen-bond donors (Lipinski definition) is 1. The number of rotatable bonds is 3. The molecule has 110 valence electrons. The fourth-order valence-corrected chi connectivity index (χ4v) is 3.76. The Morgan fingerprint density at radius 2 is 2.05 bits per heavy atom. The van der Waals surface area contributed by atoms with Gasteiger partial charge in [0.25, 0.3) is 0 Å². The van der Waals surface area contributed by atoms with E-state index in [-0.39, 0.29) is 5.91 Å². The van der Waals surface area contributed by atoms with Crippen molar-refractivity contribution in [3.05, 3.63) is 17.8 Å². The van der Waals surface area contributed by atoms with Gasteiger partial charge in [0.1, 0.15) is 12.1 Å². The topological polar surface area (TPSA) is 58.1 Å². The predicted molar refractivity (Wildman–Crippen MR) is 83.5 cm³/mol. The number of aromatic nitrogens is 2. The van der Waals surface area contributed by atoms with E-state index in [9.17, 15) is 4.79 Å². The molecule has 1 amide bonds. The lowest BCUT2D eigenvalue weighted by Crippen LogP contribution is -2.45. The number of carbonyl (C=O) groups is 1.